The minimum Gasteiger partial charge on any atom is -0.507 e. The predicted molar refractivity (Wildman–Crippen MR) is 120 cm³/mol. The largest absolute Gasteiger partial charge is 0.507 e. The normalized spacial score (nSPS) is 13.0. The first-order valence-corrected chi connectivity index (χ1v) is 11.2. The van der Waals surface area contributed by atoms with Crippen LogP contribution < -0.4 is 0 Å². The quantitative estimate of drug-likeness (QED) is 0.643. The summed E-state index contributed by atoms with van der Waals surface area (Å²) < 4.78 is 26.1. The van der Waals surface area contributed by atoms with Gasteiger partial charge in [0.25, 0.3) is 0 Å². The Morgan fingerprint density at radius 1 is 1.00 bits per heavy atom. The highest BCUT2D eigenvalue weighted by Crippen LogP contribution is 2.40. The van der Waals surface area contributed by atoms with Crippen LogP contribution in [-0.2, 0) is 20.7 Å². The van der Waals surface area contributed by atoms with Crippen LogP contribution in [0.4, 0.5) is 0 Å². The Kier molecular flexibility index (Phi) is 6.39. The number of allylic oxidation sites excluding steroid dienone is 1. The van der Waals surface area contributed by atoms with E-state index >= 15 is 0 Å². The van der Waals surface area contributed by atoms with Gasteiger partial charge in [-0.15, -0.1) is 0 Å². The Bertz CT molecular complexity index is 1170. The molecule has 0 spiro atoms. The molecule has 2 aromatic rings. The van der Waals surface area contributed by atoms with Gasteiger partial charge >= 0.3 is 5.97 Å². The molecule has 31 heavy (non-hydrogen) atoms. The monoisotopic (exact) mass is 441 g/mol. The maximum atomic E-state index is 13.0. The topological polar surface area (TPSA) is 115 Å². The fourth-order valence-corrected chi connectivity index (χ4v) is 4.33. The molecule has 0 aliphatic heterocycles. The first kappa shape index (κ1) is 24.2. The van der Waals surface area contributed by atoms with Crippen molar-refractivity contribution in [1.29, 1.82) is 5.26 Å². The van der Waals surface area contributed by atoms with Gasteiger partial charge in [0.05, 0.1) is 10.5 Å². The number of benzene rings is 2. The van der Waals surface area contributed by atoms with Crippen molar-refractivity contribution in [3.05, 3.63) is 63.6 Å². The van der Waals surface area contributed by atoms with Crippen molar-refractivity contribution in [2.24, 2.45) is 0 Å². The van der Waals surface area contributed by atoms with E-state index in [1.807, 2.05) is 41.5 Å². The summed E-state index contributed by atoms with van der Waals surface area (Å²) in [5.41, 5.74) is 0.697. The number of rotatable bonds is 4. The smallest absolute Gasteiger partial charge is 0.335 e. The molecular weight excluding hydrogens is 414 g/mol. The lowest BCUT2D eigenvalue weighted by Gasteiger charge is -2.28. The van der Waals surface area contributed by atoms with Crippen molar-refractivity contribution in [2.45, 2.75) is 57.3 Å². The minimum absolute atomic E-state index is 0.146. The van der Waals surface area contributed by atoms with Gasteiger partial charge in [0, 0.05) is 11.1 Å². The van der Waals surface area contributed by atoms with Gasteiger partial charge in [0.1, 0.15) is 16.7 Å². The van der Waals surface area contributed by atoms with E-state index in [9.17, 15) is 23.6 Å². The zero-order chi connectivity index (χ0) is 23.8. The number of carboxylic acids is 1. The molecule has 0 aromatic heterocycles. The lowest BCUT2D eigenvalue weighted by molar-refractivity contribution is 0.0696. The summed E-state index contributed by atoms with van der Waals surface area (Å²) in [6.07, 6.45) is 1.26. The average molecular weight is 442 g/mol. The van der Waals surface area contributed by atoms with Crippen LogP contribution >= 0.6 is 0 Å². The van der Waals surface area contributed by atoms with Crippen LogP contribution in [0.1, 0.15) is 68.6 Å². The molecule has 6 nitrogen and oxygen atoms in total. The summed E-state index contributed by atoms with van der Waals surface area (Å²) in [6.45, 7) is 11.6. The van der Waals surface area contributed by atoms with Gasteiger partial charge in [-0.05, 0) is 52.8 Å². The second kappa shape index (κ2) is 8.20. The van der Waals surface area contributed by atoms with E-state index in [0.29, 0.717) is 16.7 Å². The molecule has 0 heterocycles. The maximum Gasteiger partial charge on any atom is 0.335 e. The number of nitrogens with zero attached hydrogens (tertiary/aromatic N) is 1. The molecule has 0 amide bonds. The number of aromatic carboxylic acids is 1. The van der Waals surface area contributed by atoms with Crippen molar-refractivity contribution in [1.82, 2.24) is 0 Å². The van der Waals surface area contributed by atoms with E-state index in [4.69, 9.17) is 5.11 Å². The molecule has 0 unspecified atom stereocenters. The molecule has 164 valence electrons. The second-order valence-corrected chi connectivity index (χ2v) is 11.3. The van der Waals surface area contributed by atoms with E-state index < -0.39 is 31.5 Å². The van der Waals surface area contributed by atoms with Crippen LogP contribution in [0.5, 0.6) is 5.75 Å². The average Bonchev–Trinajstić information content (AvgIpc) is 2.65. The van der Waals surface area contributed by atoms with Crippen molar-refractivity contribution in [3.8, 4) is 11.8 Å². The molecule has 0 radical (unpaired) electrons. The number of sulfone groups is 1. The Labute approximate surface area is 183 Å². The summed E-state index contributed by atoms with van der Waals surface area (Å²) in [7, 11) is -4.24. The zero-order valence-corrected chi connectivity index (χ0v) is 19.3. The van der Waals surface area contributed by atoms with Crippen molar-refractivity contribution in [2.75, 3.05) is 0 Å². The molecule has 0 fully saturated rings. The van der Waals surface area contributed by atoms with Gasteiger partial charge < -0.3 is 10.2 Å². The molecule has 7 heteroatoms. The molecule has 0 aliphatic carbocycles. The van der Waals surface area contributed by atoms with Crippen LogP contribution in [0, 0.1) is 11.3 Å². The van der Waals surface area contributed by atoms with Crippen LogP contribution in [-0.4, -0.2) is 24.6 Å². The molecule has 0 aliphatic rings. The summed E-state index contributed by atoms with van der Waals surface area (Å²) in [6, 6.07) is 9.96. The number of phenolic OH excluding ortho intramolecular Hbond substituents is 1. The second-order valence-electron chi connectivity index (χ2n) is 9.42. The fraction of sp³-hybridized carbons (Fsp3) is 0.333. The zero-order valence-electron chi connectivity index (χ0n) is 18.5. The summed E-state index contributed by atoms with van der Waals surface area (Å²) in [5, 5.41) is 29.6. The number of hydrogen-bond acceptors (Lipinski definition) is 5. The van der Waals surface area contributed by atoms with Crippen LogP contribution in [0.15, 0.2) is 46.2 Å². The molecular formula is C24H27NO5S. The van der Waals surface area contributed by atoms with Gasteiger partial charge in [-0.2, -0.15) is 5.26 Å². The first-order valence-electron chi connectivity index (χ1n) is 9.67. The number of hydrogen-bond donors (Lipinski definition) is 2. The van der Waals surface area contributed by atoms with Crippen LogP contribution in [0.3, 0.4) is 0 Å². The Hall–Kier alpha value is -3.11. The lowest BCUT2D eigenvalue weighted by atomic mass is 9.78. The van der Waals surface area contributed by atoms with Crippen molar-refractivity contribution < 1.29 is 23.4 Å². The Morgan fingerprint density at radius 2 is 1.52 bits per heavy atom. The first-order chi connectivity index (χ1) is 14.1. The minimum atomic E-state index is -4.24. The highest BCUT2D eigenvalue weighted by atomic mass is 32.2. The third-order valence-corrected chi connectivity index (χ3v) is 6.50. The van der Waals surface area contributed by atoms with E-state index in [-0.39, 0.29) is 16.2 Å². The molecule has 0 saturated heterocycles. The van der Waals surface area contributed by atoms with Gasteiger partial charge in [-0.25, -0.2) is 13.2 Å². The van der Waals surface area contributed by atoms with E-state index in [1.54, 1.807) is 18.2 Å². The Morgan fingerprint density at radius 3 is 1.94 bits per heavy atom. The van der Waals surface area contributed by atoms with Gasteiger partial charge in [-0.1, -0.05) is 47.6 Å². The maximum absolute atomic E-state index is 13.0. The highest BCUT2D eigenvalue weighted by molar-refractivity contribution is 7.95. The number of phenols is 1. The standard InChI is InChI=1S/C24H27NO5S/c1-23(2,3)19-11-15(12-20(21(19)26)24(4,5)6)10-18(14-25)31(29,30)17-9-7-8-16(13-17)22(27)28/h7-13,26H,1-6H3,(H,27,28)/b18-10+. The van der Waals surface area contributed by atoms with E-state index in [2.05, 4.69) is 0 Å². The fourth-order valence-electron chi connectivity index (χ4n) is 3.13. The van der Waals surface area contributed by atoms with Crippen LogP contribution in [0.2, 0.25) is 0 Å². The predicted octanol–water partition coefficient (Wildman–Crippen LogP) is 5.02. The van der Waals surface area contributed by atoms with Gasteiger partial charge in [0.15, 0.2) is 0 Å². The Balaban J connectivity index is 2.75. The highest BCUT2D eigenvalue weighted by Gasteiger charge is 2.27. The third kappa shape index (κ3) is 5.15. The van der Waals surface area contributed by atoms with Crippen LogP contribution in [0.25, 0.3) is 6.08 Å². The summed E-state index contributed by atoms with van der Waals surface area (Å²) in [4.78, 5) is 10.4. The van der Waals surface area contributed by atoms with E-state index in [0.717, 1.165) is 6.07 Å². The number of carbonyl (C=O) groups is 1. The van der Waals surface area contributed by atoms with Crippen molar-refractivity contribution >= 4 is 21.9 Å². The number of aromatic hydroxyl groups is 1. The third-order valence-electron chi connectivity index (χ3n) is 4.84. The SMILES string of the molecule is CC(C)(C)c1cc(/C=C(\C#N)S(=O)(=O)c2cccc(C(=O)O)c2)cc(C(C)(C)C)c1O. The molecule has 2 N–H and O–H groups in total. The molecule has 2 aromatic carbocycles. The lowest BCUT2D eigenvalue weighted by Crippen LogP contribution is -2.17. The molecule has 2 rings (SSSR count). The number of nitriles is 1. The van der Waals surface area contributed by atoms with Crippen molar-refractivity contribution in [3.63, 3.8) is 0 Å². The summed E-state index contributed by atoms with van der Waals surface area (Å²) >= 11 is 0. The van der Waals surface area contributed by atoms with E-state index in [1.165, 1.54) is 24.3 Å². The molecule has 0 bridgehead atoms. The number of carboxylic acid groups (broad SMARTS) is 1. The molecule has 0 atom stereocenters. The molecule has 0 saturated carbocycles. The van der Waals surface area contributed by atoms with Gasteiger partial charge in [-0.3, -0.25) is 0 Å². The summed E-state index contributed by atoms with van der Waals surface area (Å²) in [5.74, 6) is -1.12. The van der Waals surface area contributed by atoms with Gasteiger partial charge in [0.2, 0.25) is 9.84 Å².